The largest absolute Gasteiger partial charge is 0.289 e. The van der Waals surface area contributed by atoms with E-state index in [1.165, 1.54) is 12.1 Å². The van der Waals surface area contributed by atoms with Crippen LogP contribution >= 0.6 is 23.2 Å². The van der Waals surface area contributed by atoms with Gasteiger partial charge >= 0.3 is 0 Å². The highest BCUT2D eigenvalue weighted by atomic mass is 35.5. The molecule has 2 aromatic rings. The number of allylic oxidation sites excluding steroid dienone is 1. The lowest BCUT2D eigenvalue weighted by molar-refractivity contribution is 0.104. The maximum absolute atomic E-state index is 12.4. The monoisotopic (exact) mass is 412 g/mol. The van der Waals surface area contributed by atoms with Gasteiger partial charge in [0.2, 0.25) is 0 Å². The fraction of sp³-hybridized carbons (Fsp3) is 0.333. The molecule has 1 saturated heterocycles. The number of nitrogens with zero attached hydrogens (tertiary/aromatic N) is 2. The number of ketones is 1. The number of hydrogen-bond donors (Lipinski definition) is 0. The van der Waals surface area contributed by atoms with Gasteiger partial charge in [-0.2, -0.15) is 5.10 Å². The van der Waals surface area contributed by atoms with Crippen molar-refractivity contribution in [3.05, 3.63) is 56.8 Å². The van der Waals surface area contributed by atoms with E-state index in [1.54, 1.807) is 22.9 Å². The molecule has 138 valence electrons. The van der Waals surface area contributed by atoms with Gasteiger partial charge < -0.3 is 0 Å². The molecule has 2 heterocycles. The smallest absolute Gasteiger partial charge is 0.185 e. The standard InChI is InChI=1S/C18H18Cl2N2O3S/c1-11-15(4-6-18(23)13-3-5-16(19)17(20)9-13)12(2)22(21-11)14-7-8-26(24,25)10-14/h3-6,9,14H,7-8,10H2,1-2H3/b6-4+/t14-/m0/s1. The van der Waals surface area contributed by atoms with Gasteiger partial charge in [-0.05, 0) is 50.6 Å². The van der Waals surface area contributed by atoms with Crippen LogP contribution in [0.15, 0.2) is 24.3 Å². The Morgan fingerprint density at radius 2 is 2.00 bits per heavy atom. The molecule has 1 aromatic carbocycles. The zero-order valence-corrected chi connectivity index (χ0v) is 16.7. The van der Waals surface area contributed by atoms with Gasteiger partial charge in [-0.15, -0.1) is 0 Å². The van der Waals surface area contributed by atoms with Crippen LogP contribution in [0.3, 0.4) is 0 Å². The first-order chi connectivity index (χ1) is 12.2. The Bertz CT molecular complexity index is 1010. The summed E-state index contributed by atoms with van der Waals surface area (Å²) in [7, 11) is -2.99. The molecule has 1 aliphatic rings. The van der Waals surface area contributed by atoms with Crippen molar-refractivity contribution in [2.45, 2.75) is 26.3 Å². The molecule has 1 atom stereocenters. The van der Waals surface area contributed by atoms with E-state index >= 15 is 0 Å². The third-order valence-corrected chi connectivity index (χ3v) is 7.03. The van der Waals surface area contributed by atoms with Crippen LogP contribution in [0.1, 0.15) is 39.8 Å². The number of hydrogen-bond acceptors (Lipinski definition) is 4. The van der Waals surface area contributed by atoms with Gasteiger partial charge in [-0.25, -0.2) is 8.42 Å². The van der Waals surface area contributed by atoms with E-state index in [-0.39, 0.29) is 23.3 Å². The van der Waals surface area contributed by atoms with Crippen molar-refractivity contribution >= 4 is 44.9 Å². The second-order valence-corrected chi connectivity index (χ2v) is 9.46. The minimum absolute atomic E-state index is 0.111. The van der Waals surface area contributed by atoms with Crippen LogP contribution in [-0.4, -0.2) is 35.5 Å². The Kier molecular flexibility index (Phi) is 5.28. The number of rotatable bonds is 4. The molecular weight excluding hydrogens is 395 g/mol. The summed E-state index contributed by atoms with van der Waals surface area (Å²) in [6.07, 6.45) is 3.74. The molecule has 3 rings (SSSR count). The third kappa shape index (κ3) is 3.87. The number of benzene rings is 1. The Morgan fingerprint density at radius 3 is 2.62 bits per heavy atom. The lowest BCUT2D eigenvalue weighted by Crippen LogP contribution is -2.13. The Hall–Kier alpha value is -1.63. The predicted octanol–water partition coefficient (Wildman–Crippen LogP) is 4.06. The van der Waals surface area contributed by atoms with E-state index in [4.69, 9.17) is 23.2 Å². The number of aryl methyl sites for hydroxylation is 1. The van der Waals surface area contributed by atoms with E-state index in [2.05, 4.69) is 5.10 Å². The number of halogens is 2. The second kappa shape index (κ2) is 7.18. The molecule has 0 bridgehead atoms. The maximum atomic E-state index is 12.4. The molecule has 0 amide bonds. The molecular formula is C18H18Cl2N2O3S. The van der Waals surface area contributed by atoms with Crippen molar-refractivity contribution in [2.75, 3.05) is 11.5 Å². The molecule has 5 nitrogen and oxygen atoms in total. The van der Waals surface area contributed by atoms with E-state index in [9.17, 15) is 13.2 Å². The van der Waals surface area contributed by atoms with Crippen molar-refractivity contribution in [1.29, 1.82) is 0 Å². The normalized spacial score (nSPS) is 19.3. The van der Waals surface area contributed by atoms with Gasteiger partial charge in [0.05, 0.1) is 33.3 Å². The highest BCUT2D eigenvalue weighted by molar-refractivity contribution is 7.91. The van der Waals surface area contributed by atoms with Gasteiger partial charge in [0.15, 0.2) is 15.6 Å². The number of sulfone groups is 1. The summed E-state index contributed by atoms with van der Waals surface area (Å²) in [5.74, 6) is 0.107. The number of carbonyl (C=O) groups excluding carboxylic acids is 1. The maximum Gasteiger partial charge on any atom is 0.185 e. The first-order valence-corrected chi connectivity index (χ1v) is 10.7. The number of aromatic nitrogens is 2. The fourth-order valence-corrected chi connectivity index (χ4v) is 5.14. The fourth-order valence-electron chi connectivity index (χ4n) is 3.15. The van der Waals surface area contributed by atoms with Gasteiger partial charge in [0.1, 0.15) is 0 Å². The van der Waals surface area contributed by atoms with E-state index < -0.39 is 9.84 Å². The van der Waals surface area contributed by atoms with Crippen LogP contribution < -0.4 is 0 Å². The molecule has 0 radical (unpaired) electrons. The van der Waals surface area contributed by atoms with E-state index in [0.717, 1.165) is 17.0 Å². The minimum Gasteiger partial charge on any atom is -0.289 e. The predicted molar refractivity (Wildman–Crippen MR) is 104 cm³/mol. The summed E-state index contributed by atoms with van der Waals surface area (Å²) in [6, 6.07) is 4.59. The third-order valence-electron chi connectivity index (χ3n) is 4.54. The van der Waals surface area contributed by atoms with Crippen LogP contribution in [0, 0.1) is 13.8 Å². The van der Waals surface area contributed by atoms with Gasteiger partial charge in [0.25, 0.3) is 0 Å². The second-order valence-electron chi connectivity index (χ2n) is 6.41. The van der Waals surface area contributed by atoms with Crippen molar-refractivity contribution < 1.29 is 13.2 Å². The Labute approximate surface area is 162 Å². The van der Waals surface area contributed by atoms with Gasteiger partial charge in [-0.3, -0.25) is 9.48 Å². The SMILES string of the molecule is Cc1nn([C@H]2CCS(=O)(=O)C2)c(C)c1/C=C/C(=O)c1ccc(Cl)c(Cl)c1. The van der Waals surface area contributed by atoms with Crippen molar-refractivity contribution in [1.82, 2.24) is 9.78 Å². The van der Waals surface area contributed by atoms with Crippen LogP contribution in [-0.2, 0) is 9.84 Å². The molecule has 0 aliphatic carbocycles. The van der Waals surface area contributed by atoms with Crippen LogP contribution in [0.5, 0.6) is 0 Å². The average Bonchev–Trinajstić information content (AvgIpc) is 3.07. The number of carbonyl (C=O) groups is 1. The van der Waals surface area contributed by atoms with Crippen molar-refractivity contribution in [2.24, 2.45) is 0 Å². The molecule has 0 unspecified atom stereocenters. The lowest BCUT2D eigenvalue weighted by atomic mass is 10.1. The van der Waals surface area contributed by atoms with Crippen molar-refractivity contribution in [3.8, 4) is 0 Å². The first-order valence-electron chi connectivity index (χ1n) is 8.11. The summed E-state index contributed by atoms with van der Waals surface area (Å²) in [4.78, 5) is 12.4. The highest BCUT2D eigenvalue weighted by Crippen LogP contribution is 2.27. The summed E-state index contributed by atoms with van der Waals surface area (Å²) in [5, 5.41) is 5.21. The summed E-state index contributed by atoms with van der Waals surface area (Å²) < 4.78 is 25.2. The zero-order valence-electron chi connectivity index (χ0n) is 14.4. The summed E-state index contributed by atoms with van der Waals surface area (Å²) in [5.41, 5.74) is 2.87. The molecule has 1 aromatic heterocycles. The molecule has 26 heavy (non-hydrogen) atoms. The summed E-state index contributed by atoms with van der Waals surface area (Å²) >= 11 is 11.8. The zero-order chi connectivity index (χ0) is 19.1. The molecule has 0 N–H and O–H groups in total. The van der Waals surface area contributed by atoms with Crippen LogP contribution in [0.2, 0.25) is 10.0 Å². The van der Waals surface area contributed by atoms with Crippen molar-refractivity contribution in [3.63, 3.8) is 0 Å². The highest BCUT2D eigenvalue weighted by Gasteiger charge is 2.31. The molecule has 8 heteroatoms. The van der Waals surface area contributed by atoms with E-state index in [0.29, 0.717) is 22.0 Å². The molecule has 0 saturated carbocycles. The van der Waals surface area contributed by atoms with Gasteiger partial charge in [0, 0.05) is 16.8 Å². The molecule has 1 fully saturated rings. The molecule has 1 aliphatic heterocycles. The molecule has 0 spiro atoms. The first kappa shape index (κ1) is 19.1. The summed E-state index contributed by atoms with van der Waals surface area (Å²) in [6.45, 7) is 3.73. The lowest BCUT2D eigenvalue weighted by Gasteiger charge is -2.10. The minimum atomic E-state index is -2.99. The van der Waals surface area contributed by atoms with Crippen LogP contribution in [0.25, 0.3) is 6.08 Å². The average molecular weight is 413 g/mol. The quantitative estimate of drug-likeness (QED) is 0.560. The van der Waals surface area contributed by atoms with Gasteiger partial charge in [-0.1, -0.05) is 23.2 Å². The van der Waals surface area contributed by atoms with Crippen LogP contribution in [0.4, 0.5) is 0 Å². The topological polar surface area (TPSA) is 69.0 Å². The Morgan fingerprint density at radius 1 is 1.27 bits per heavy atom. The Balaban J connectivity index is 1.85. The van der Waals surface area contributed by atoms with E-state index in [1.807, 2.05) is 13.8 Å².